The van der Waals surface area contributed by atoms with Crippen molar-refractivity contribution in [2.24, 2.45) is 0 Å². The maximum absolute atomic E-state index is 5.91. The molecule has 96 valence electrons. The van der Waals surface area contributed by atoms with Crippen molar-refractivity contribution in [3.8, 4) is 0 Å². The highest BCUT2D eigenvalue weighted by molar-refractivity contribution is 7.80. The molecule has 1 aromatic carbocycles. The second-order valence-electron chi connectivity index (χ2n) is 5.00. The number of hydrogen-bond donors (Lipinski definition) is 2. The van der Waals surface area contributed by atoms with E-state index in [1.165, 1.54) is 19.3 Å². The molecule has 0 aromatic heterocycles. The Kier molecular flexibility index (Phi) is 3.18. The van der Waals surface area contributed by atoms with Gasteiger partial charge in [0.15, 0.2) is 5.11 Å². The highest BCUT2D eigenvalue weighted by atomic mass is 35.5. The lowest BCUT2D eigenvalue weighted by Gasteiger charge is -2.33. The van der Waals surface area contributed by atoms with Crippen molar-refractivity contribution >= 4 is 34.6 Å². The van der Waals surface area contributed by atoms with Gasteiger partial charge in [-0.2, -0.15) is 0 Å². The standard InChI is InChI=1S/C13H16ClN3S/c14-10-4-6-11(7-5-10)17-12(18)15-13(16-17)8-2-1-3-9-13/h4-7,16H,1-3,8-9H2,(H,15,18). The lowest BCUT2D eigenvalue weighted by Crippen LogP contribution is -2.52. The van der Waals surface area contributed by atoms with Gasteiger partial charge in [-0.15, -0.1) is 0 Å². The van der Waals surface area contributed by atoms with Crippen molar-refractivity contribution in [2.75, 3.05) is 5.01 Å². The molecule has 0 unspecified atom stereocenters. The fourth-order valence-electron chi connectivity index (χ4n) is 2.72. The molecule has 1 saturated heterocycles. The summed E-state index contributed by atoms with van der Waals surface area (Å²) in [6, 6.07) is 7.72. The van der Waals surface area contributed by atoms with Gasteiger partial charge in [-0.3, -0.25) is 5.01 Å². The zero-order valence-electron chi connectivity index (χ0n) is 10.1. The molecular weight excluding hydrogens is 266 g/mol. The number of halogens is 1. The molecule has 2 fully saturated rings. The first-order chi connectivity index (χ1) is 8.69. The van der Waals surface area contributed by atoms with E-state index >= 15 is 0 Å². The van der Waals surface area contributed by atoms with Crippen LogP contribution < -0.4 is 15.8 Å². The molecular formula is C13H16ClN3S. The van der Waals surface area contributed by atoms with E-state index in [-0.39, 0.29) is 5.66 Å². The zero-order chi connectivity index (χ0) is 12.6. The highest BCUT2D eigenvalue weighted by Gasteiger charge is 2.41. The summed E-state index contributed by atoms with van der Waals surface area (Å²) in [5, 5.41) is 6.89. The van der Waals surface area contributed by atoms with Crippen molar-refractivity contribution < 1.29 is 0 Å². The Morgan fingerprint density at radius 1 is 1.11 bits per heavy atom. The van der Waals surface area contributed by atoms with E-state index in [1.807, 2.05) is 29.3 Å². The van der Waals surface area contributed by atoms with Crippen molar-refractivity contribution in [3.05, 3.63) is 29.3 Å². The van der Waals surface area contributed by atoms with Crippen molar-refractivity contribution in [1.82, 2.24) is 10.7 Å². The van der Waals surface area contributed by atoms with Gasteiger partial charge in [-0.25, -0.2) is 5.43 Å². The van der Waals surface area contributed by atoms with Crippen LogP contribution in [0, 0.1) is 0 Å². The topological polar surface area (TPSA) is 27.3 Å². The molecule has 0 radical (unpaired) electrons. The summed E-state index contributed by atoms with van der Waals surface area (Å²) in [7, 11) is 0. The minimum absolute atomic E-state index is 0.0328. The summed E-state index contributed by atoms with van der Waals surface area (Å²) in [5.41, 5.74) is 4.52. The van der Waals surface area contributed by atoms with E-state index in [0.717, 1.165) is 28.7 Å². The first kappa shape index (κ1) is 12.2. The molecule has 2 N–H and O–H groups in total. The molecule has 1 spiro atoms. The number of nitrogens with zero attached hydrogens (tertiary/aromatic N) is 1. The Balaban J connectivity index is 1.82. The minimum Gasteiger partial charge on any atom is -0.342 e. The molecule has 1 saturated carbocycles. The normalized spacial score (nSPS) is 22.3. The Labute approximate surface area is 117 Å². The molecule has 5 heteroatoms. The maximum Gasteiger partial charge on any atom is 0.189 e. The van der Waals surface area contributed by atoms with Gasteiger partial charge in [0.1, 0.15) is 5.66 Å². The summed E-state index contributed by atoms with van der Waals surface area (Å²) < 4.78 is 0. The van der Waals surface area contributed by atoms with Crippen molar-refractivity contribution in [1.29, 1.82) is 0 Å². The van der Waals surface area contributed by atoms with Gasteiger partial charge in [-0.05, 0) is 62.2 Å². The Morgan fingerprint density at radius 3 is 2.44 bits per heavy atom. The van der Waals surface area contributed by atoms with Crippen LogP contribution >= 0.6 is 23.8 Å². The third-order valence-corrected chi connectivity index (χ3v) is 4.20. The summed E-state index contributed by atoms with van der Waals surface area (Å²) in [5.74, 6) is 0. The Hall–Kier alpha value is -0.840. The molecule has 0 amide bonds. The fraction of sp³-hybridized carbons (Fsp3) is 0.462. The van der Waals surface area contributed by atoms with Gasteiger partial charge >= 0.3 is 0 Å². The van der Waals surface area contributed by atoms with Gasteiger partial charge in [-0.1, -0.05) is 18.0 Å². The van der Waals surface area contributed by atoms with E-state index in [9.17, 15) is 0 Å². The third-order valence-electron chi connectivity index (χ3n) is 3.67. The molecule has 3 nitrogen and oxygen atoms in total. The SMILES string of the molecule is S=C1NC2(CCCCC2)NN1c1ccc(Cl)cc1. The van der Waals surface area contributed by atoms with Crippen molar-refractivity contribution in [2.45, 2.75) is 37.8 Å². The fourth-order valence-corrected chi connectivity index (χ4v) is 3.19. The van der Waals surface area contributed by atoms with E-state index in [2.05, 4.69) is 10.7 Å². The molecule has 3 rings (SSSR count). The molecule has 1 aromatic rings. The number of hydrogen-bond acceptors (Lipinski definition) is 2. The van der Waals surface area contributed by atoms with E-state index in [1.54, 1.807) is 0 Å². The van der Waals surface area contributed by atoms with E-state index in [4.69, 9.17) is 23.8 Å². The number of nitrogens with one attached hydrogen (secondary N) is 2. The first-order valence-corrected chi connectivity index (χ1v) is 7.13. The number of anilines is 1. The smallest absolute Gasteiger partial charge is 0.189 e. The number of hydrazine groups is 1. The van der Waals surface area contributed by atoms with Gasteiger partial charge in [0.05, 0.1) is 5.69 Å². The Morgan fingerprint density at radius 2 is 1.78 bits per heavy atom. The summed E-state index contributed by atoms with van der Waals surface area (Å²) in [6.07, 6.45) is 6.06. The van der Waals surface area contributed by atoms with Crippen LogP contribution in [0.1, 0.15) is 32.1 Å². The first-order valence-electron chi connectivity index (χ1n) is 6.34. The average Bonchev–Trinajstić information content (AvgIpc) is 2.68. The monoisotopic (exact) mass is 281 g/mol. The van der Waals surface area contributed by atoms with Crippen LogP contribution in [0.4, 0.5) is 5.69 Å². The van der Waals surface area contributed by atoms with E-state index < -0.39 is 0 Å². The lowest BCUT2D eigenvalue weighted by atomic mass is 9.90. The van der Waals surface area contributed by atoms with Gasteiger partial charge in [0.25, 0.3) is 0 Å². The van der Waals surface area contributed by atoms with Crippen LogP contribution in [0.15, 0.2) is 24.3 Å². The summed E-state index contributed by atoms with van der Waals surface area (Å²) >= 11 is 11.3. The average molecular weight is 282 g/mol. The number of benzene rings is 1. The predicted octanol–water partition coefficient (Wildman–Crippen LogP) is 3.20. The van der Waals surface area contributed by atoms with Gasteiger partial charge in [0.2, 0.25) is 0 Å². The predicted molar refractivity (Wildman–Crippen MR) is 78.6 cm³/mol. The van der Waals surface area contributed by atoms with E-state index in [0.29, 0.717) is 0 Å². The third kappa shape index (κ3) is 2.20. The molecule has 18 heavy (non-hydrogen) atoms. The van der Waals surface area contributed by atoms with Gasteiger partial charge in [0, 0.05) is 5.02 Å². The molecule has 1 heterocycles. The summed E-state index contributed by atoms with van der Waals surface area (Å²) in [4.78, 5) is 0. The molecule has 1 aliphatic heterocycles. The Bertz CT molecular complexity index is 454. The highest BCUT2D eigenvalue weighted by Crippen LogP contribution is 2.31. The zero-order valence-corrected chi connectivity index (χ0v) is 11.7. The summed E-state index contributed by atoms with van der Waals surface area (Å²) in [6.45, 7) is 0. The quantitative estimate of drug-likeness (QED) is 0.773. The van der Waals surface area contributed by atoms with Crippen LogP contribution in [0.2, 0.25) is 5.02 Å². The van der Waals surface area contributed by atoms with Crippen LogP contribution in [0.3, 0.4) is 0 Å². The van der Waals surface area contributed by atoms with Crippen LogP contribution in [-0.2, 0) is 0 Å². The molecule has 0 bridgehead atoms. The number of rotatable bonds is 1. The van der Waals surface area contributed by atoms with Gasteiger partial charge < -0.3 is 5.32 Å². The van der Waals surface area contributed by atoms with Crippen LogP contribution in [-0.4, -0.2) is 10.8 Å². The maximum atomic E-state index is 5.91. The second kappa shape index (κ2) is 4.68. The van der Waals surface area contributed by atoms with Crippen LogP contribution in [0.25, 0.3) is 0 Å². The lowest BCUT2D eigenvalue weighted by molar-refractivity contribution is 0.238. The van der Waals surface area contributed by atoms with Crippen LogP contribution in [0.5, 0.6) is 0 Å². The number of thiocarbonyl (C=S) groups is 1. The molecule has 1 aliphatic carbocycles. The largest absolute Gasteiger partial charge is 0.342 e. The molecule has 0 atom stereocenters. The second-order valence-corrected chi connectivity index (χ2v) is 5.82. The minimum atomic E-state index is -0.0328. The molecule has 2 aliphatic rings. The van der Waals surface area contributed by atoms with Crippen molar-refractivity contribution in [3.63, 3.8) is 0 Å².